The summed E-state index contributed by atoms with van der Waals surface area (Å²) in [6, 6.07) is 3.74. The van der Waals surface area contributed by atoms with E-state index in [1.165, 1.54) is 0 Å². The van der Waals surface area contributed by atoms with Crippen LogP contribution >= 0.6 is 12.4 Å². The molecule has 1 aliphatic heterocycles. The lowest BCUT2D eigenvalue weighted by Gasteiger charge is -2.35. The van der Waals surface area contributed by atoms with Crippen molar-refractivity contribution in [3.05, 3.63) is 24.2 Å². The predicted molar refractivity (Wildman–Crippen MR) is 72.6 cm³/mol. The molecule has 1 aromatic heterocycles. The fourth-order valence-corrected chi connectivity index (χ4v) is 2.41. The highest BCUT2D eigenvalue weighted by Gasteiger charge is 2.36. The Labute approximate surface area is 114 Å². The third kappa shape index (κ3) is 3.27. The summed E-state index contributed by atoms with van der Waals surface area (Å²) >= 11 is 0. The van der Waals surface area contributed by atoms with Gasteiger partial charge in [-0.25, -0.2) is 0 Å². The molecule has 1 unspecified atom stereocenters. The maximum Gasteiger partial charge on any atom is 0.229 e. The lowest BCUT2D eigenvalue weighted by Crippen LogP contribution is -2.48. The summed E-state index contributed by atoms with van der Waals surface area (Å²) in [5.41, 5.74) is -0.264. The standard InChI is InChI=1S/C13H20N2O2.ClH/c1-13(6-4-7-14-10-13)12(16)15(2)9-11-5-3-8-17-11;/h3,5,8,14H,4,6-7,9-10H2,1-2H3;1H. The van der Waals surface area contributed by atoms with Crippen LogP contribution in [0.15, 0.2) is 22.8 Å². The SMILES string of the molecule is CN(Cc1ccco1)C(=O)C1(C)CCCNC1.Cl. The van der Waals surface area contributed by atoms with Gasteiger partial charge in [-0.05, 0) is 38.4 Å². The molecule has 0 aliphatic carbocycles. The van der Waals surface area contributed by atoms with E-state index in [9.17, 15) is 4.79 Å². The van der Waals surface area contributed by atoms with Crippen LogP contribution in [0.5, 0.6) is 0 Å². The van der Waals surface area contributed by atoms with Crippen molar-refractivity contribution < 1.29 is 9.21 Å². The maximum atomic E-state index is 12.4. The second-order valence-electron chi connectivity index (χ2n) is 5.08. The normalized spacial score (nSPS) is 23.2. The van der Waals surface area contributed by atoms with Gasteiger partial charge in [0.2, 0.25) is 5.91 Å². The lowest BCUT2D eigenvalue weighted by atomic mass is 9.81. The average molecular weight is 273 g/mol. The van der Waals surface area contributed by atoms with Crippen molar-refractivity contribution in [2.75, 3.05) is 20.1 Å². The van der Waals surface area contributed by atoms with Gasteiger partial charge in [-0.1, -0.05) is 0 Å². The number of furan rings is 1. The van der Waals surface area contributed by atoms with Crippen LogP contribution in [0.25, 0.3) is 0 Å². The van der Waals surface area contributed by atoms with E-state index in [0.717, 1.165) is 31.7 Å². The van der Waals surface area contributed by atoms with Crippen LogP contribution in [-0.4, -0.2) is 30.9 Å². The van der Waals surface area contributed by atoms with Crippen LogP contribution in [0.4, 0.5) is 0 Å². The van der Waals surface area contributed by atoms with Crippen molar-refractivity contribution in [1.29, 1.82) is 0 Å². The molecule has 5 heteroatoms. The fourth-order valence-electron chi connectivity index (χ4n) is 2.41. The zero-order valence-electron chi connectivity index (χ0n) is 10.9. The Kier molecular flexibility index (Phi) is 5.23. The van der Waals surface area contributed by atoms with E-state index in [2.05, 4.69) is 5.32 Å². The summed E-state index contributed by atoms with van der Waals surface area (Å²) in [6.45, 7) is 4.38. The maximum absolute atomic E-state index is 12.4. The van der Waals surface area contributed by atoms with Crippen LogP contribution in [-0.2, 0) is 11.3 Å². The molecule has 1 atom stereocenters. The first-order chi connectivity index (χ1) is 8.12. The summed E-state index contributed by atoms with van der Waals surface area (Å²) in [5.74, 6) is 1.02. The van der Waals surface area contributed by atoms with Crippen molar-refractivity contribution in [2.24, 2.45) is 5.41 Å². The third-order valence-electron chi connectivity index (χ3n) is 3.43. The number of hydrogen-bond acceptors (Lipinski definition) is 3. The van der Waals surface area contributed by atoms with Crippen LogP contribution in [0.1, 0.15) is 25.5 Å². The van der Waals surface area contributed by atoms with Gasteiger partial charge in [0.05, 0.1) is 18.2 Å². The second kappa shape index (κ2) is 6.25. The van der Waals surface area contributed by atoms with Gasteiger partial charge >= 0.3 is 0 Å². The van der Waals surface area contributed by atoms with Crippen molar-refractivity contribution in [3.8, 4) is 0 Å². The Hall–Kier alpha value is -1.00. The van der Waals surface area contributed by atoms with Gasteiger partial charge in [0.25, 0.3) is 0 Å². The van der Waals surface area contributed by atoms with Crippen LogP contribution in [0.3, 0.4) is 0 Å². The van der Waals surface area contributed by atoms with Gasteiger partial charge in [-0.15, -0.1) is 12.4 Å². The highest BCUT2D eigenvalue weighted by atomic mass is 35.5. The topological polar surface area (TPSA) is 45.5 Å². The van der Waals surface area contributed by atoms with E-state index in [1.54, 1.807) is 11.2 Å². The molecule has 1 fully saturated rings. The summed E-state index contributed by atoms with van der Waals surface area (Å²) in [6.07, 6.45) is 3.66. The summed E-state index contributed by atoms with van der Waals surface area (Å²) in [4.78, 5) is 14.1. The van der Waals surface area contributed by atoms with Gasteiger partial charge in [-0.3, -0.25) is 4.79 Å². The minimum Gasteiger partial charge on any atom is -0.467 e. The highest BCUT2D eigenvalue weighted by molar-refractivity contribution is 5.85. The number of nitrogens with one attached hydrogen (secondary N) is 1. The van der Waals surface area contributed by atoms with Gasteiger partial charge in [0, 0.05) is 13.6 Å². The van der Waals surface area contributed by atoms with Gasteiger partial charge in [0.15, 0.2) is 0 Å². The van der Waals surface area contributed by atoms with E-state index < -0.39 is 0 Å². The molecule has 2 rings (SSSR count). The first kappa shape index (κ1) is 15.1. The van der Waals surface area contributed by atoms with Crippen molar-refractivity contribution in [1.82, 2.24) is 10.2 Å². The molecule has 2 heterocycles. The molecule has 1 N–H and O–H groups in total. The smallest absolute Gasteiger partial charge is 0.229 e. The molecule has 0 spiro atoms. The van der Waals surface area contributed by atoms with Crippen LogP contribution in [0.2, 0.25) is 0 Å². The Morgan fingerprint density at radius 3 is 2.94 bits per heavy atom. The van der Waals surface area contributed by atoms with Crippen molar-refractivity contribution in [3.63, 3.8) is 0 Å². The predicted octanol–water partition coefficient (Wildman–Crippen LogP) is 2.05. The van der Waals surface area contributed by atoms with E-state index in [0.29, 0.717) is 6.54 Å². The minimum absolute atomic E-state index is 0. The van der Waals surface area contributed by atoms with Gasteiger partial charge in [0.1, 0.15) is 5.76 Å². The minimum atomic E-state index is -0.264. The number of halogens is 1. The zero-order chi connectivity index (χ0) is 12.3. The average Bonchev–Trinajstić information content (AvgIpc) is 2.81. The highest BCUT2D eigenvalue weighted by Crippen LogP contribution is 2.28. The Bertz CT molecular complexity index is 372. The molecule has 0 radical (unpaired) electrons. The monoisotopic (exact) mass is 272 g/mol. The first-order valence-electron chi connectivity index (χ1n) is 6.10. The number of carbonyl (C=O) groups is 1. The lowest BCUT2D eigenvalue weighted by molar-refractivity contribution is -0.141. The number of hydrogen-bond donors (Lipinski definition) is 1. The zero-order valence-corrected chi connectivity index (χ0v) is 11.8. The van der Waals surface area contributed by atoms with Crippen molar-refractivity contribution in [2.45, 2.75) is 26.3 Å². The second-order valence-corrected chi connectivity index (χ2v) is 5.08. The summed E-state index contributed by atoms with van der Waals surface area (Å²) < 4.78 is 5.27. The number of nitrogens with zero attached hydrogens (tertiary/aromatic N) is 1. The molecule has 0 saturated carbocycles. The molecule has 1 aliphatic rings. The molecule has 1 amide bonds. The fraction of sp³-hybridized carbons (Fsp3) is 0.615. The Morgan fingerprint density at radius 2 is 2.39 bits per heavy atom. The van der Waals surface area contributed by atoms with Gasteiger partial charge in [-0.2, -0.15) is 0 Å². The van der Waals surface area contributed by atoms with Crippen LogP contribution < -0.4 is 5.32 Å². The summed E-state index contributed by atoms with van der Waals surface area (Å²) in [7, 11) is 1.84. The number of carbonyl (C=O) groups excluding carboxylic acids is 1. The quantitative estimate of drug-likeness (QED) is 0.916. The number of rotatable bonds is 3. The van der Waals surface area contributed by atoms with E-state index in [-0.39, 0.29) is 23.7 Å². The van der Waals surface area contributed by atoms with Crippen molar-refractivity contribution >= 4 is 18.3 Å². The molecule has 102 valence electrons. The van der Waals surface area contributed by atoms with E-state index >= 15 is 0 Å². The molecule has 4 nitrogen and oxygen atoms in total. The molecule has 0 aromatic carbocycles. The first-order valence-corrected chi connectivity index (χ1v) is 6.10. The Morgan fingerprint density at radius 1 is 1.61 bits per heavy atom. The van der Waals surface area contributed by atoms with E-state index in [1.807, 2.05) is 26.1 Å². The number of amides is 1. The number of piperidine rings is 1. The third-order valence-corrected chi connectivity index (χ3v) is 3.43. The van der Waals surface area contributed by atoms with Gasteiger partial charge < -0.3 is 14.6 Å². The largest absolute Gasteiger partial charge is 0.467 e. The molecular formula is C13H21ClN2O2. The van der Waals surface area contributed by atoms with E-state index in [4.69, 9.17) is 4.42 Å². The summed E-state index contributed by atoms with van der Waals surface area (Å²) in [5, 5.41) is 3.30. The molecular weight excluding hydrogens is 252 g/mol. The molecule has 1 saturated heterocycles. The molecule has 1 aromatic rings. The molecule has 0 bridgehead atoms. The Balaban J connectivity index is 0.00000162. The van der Waals surface area contributed by atoms with Crippen LogP contribution in [0, 0.1) is 5.41 Å². The molecule has 18 heavy (non-hydrogen) atoms.